The Morgan fingerprint density at radius 2 is 2.38 bits per heavy atom. The number of fused-ring (bicyclic) bond motifs is 1. The Hall–Kier alpha value is -1.88. The van der Waals surface area contributed by atoms with Crippen LogP contribution in [0, 0.1) is 5.92 Å². The van der Waals surface area contributed by atoms with Crippen molar-refractivity contribution in [2.75, 3.05) is 13.1 Å². The molecule has 2 heterocycles. The van der Waals surface area contributed by atoms with Gasteiger partial charge in [0.15, 0.2) is 5.58 Å². The molecule has 21 heavy (non-hydrogen) atoms. The van der Waals surface area contributed by atoms with Crippen LogP contribution in [0.1, 0.15) is 25.5 Å². The Labute approximate surface area is 124 Å². The van der Waals surface area contributed by atoms with E-state index >= 15 is 0 Å². The average Bonchev–Trinajstić information content (AvgIpc) is 2.91. The van der Waals surface area contributed by atoms with Gasteiger partial charge < -0.3 is 15.2 Å². The van der Waals surface area contributed by atoms with E-state index in [9.17, 15) is 4.79 Å². The highest BCUT2D eigenvalue weighted by molar-refractivity contribution is 5.86. The average molecular weight is 287 g/mol. The molecule has 0 spiro atoms. The maximum absolute atomic E-state index is 12.2. The van der Waals surface area contributed by atoms with E-state index in [-0.39, 0.29) is 18.4 Å². The summed E-state index contributed by atoms with van der Waals surface area (Å²) in [5, 5.41) is 11.4. The summed E-state index contributed by atoms with van der Waals surface area (Å²) in [6.45, 7) is 4.15. The number of hydrogen-bond donors (Lipinski definition) is 2. The van der Waals surface area contributed by atoms with Gasteiger partial charge >= 0.3 is 0 Å². The van der Waals surface area contributed by atoms with Crippen molar-refractivity contribution in [2.24, 2.45) is 5.92 Å². The number of hydrogen-bond acceptors (Lipinski definition) is 4. The van der Waals surface area contributed by atoms with E-state index in [1.165, 1.54) is 12.8 Å². The summed E-state index contributed by atoms with van der Waals surface area (Å²) in [7, 11) is 0. The zero-order chi connectivity index (χ0) is 14.7. The summed E-state index contributed by atoms with van der Waals surface area (Å²) >= 11 is 0. The van der Waals surface area contributed by atoms with Crippen LogP contribution < -0.4 is 10.6 Å². The maximum Gasteiger partial charge on any atom is 0.226 e. The van der Waals surface area contributed by atoms with Gasteiger partial charge in [-0.15, -0.1) is 0 Å². The van der Waals surface area contributed by atoms with Gasteiger partial charge in [-0.1, -0.05) is 17.3 Å². The second-order valence-corrected chi connectivity index (χ2v) is 5.76. The van der Waals surface area contributed by atoms with Crippen LogP contribution in [0.4, 0.5) is 0 Å². The Kier molecular flexibility index (Phi) is 4.20. The van der Waals surface area contributed by atoms with Crippen molar-refractivity contribution in [2.45, 2.75) is 32.2 Å². The molecular formula is C16H21N3O2. The minimum Gasteiger partial charge on any atom is -0.356 e. The number of benzene rings is 1. The molecule has 1 amide bonds. The number of carbonyl (C=O) groups excluding carboxylic acids is 1. The van der Waals surface area contributed by atoms with Gasteiger partial charge in [-0.05, 0) is 50.9 Å². The molecule has 3 rings (SSSR count). The first-order chi connectivity index (χ1) is 10.2. The summed E-state index contributed by atoms with van der Waals surface area (Å²) in [5.74, 6) is 0.517. The van der Waals surface area contributed by atoms with Crippen LogP contribution >= 0.6 is 0 Å². The van der Waals surface area contributed by atoms with Crippen molar-refractivity contribution in [1.82, 2.24) is 15.8 Å². The Morgan fingerprint density at radius 1 is 1.52 bits per heavy atom. The van der Waals surface area contributed by atoms with E-state index in [0.29, 0.717) is 11.6 Å². The number of para-hydroxylation sites is 1. The molecule has 0 saturated carbocycles. The highest BCUT2D eigenvalue weighted by atomic mass is 16.5. The van der Waals surface area contributed by atoms with Crippen LogP contribution in [0.15, 0.2) is 28.8 Å². The number of carbonyl (C=O) groups is 1. The predicted octanol–water partition coefficient (Wildman–Crippen LogP) is 1.87. The lowest BCUT2D eigenvalue weighted by Gasteiger charge is -2.28. The van der Waals surface area contributed by atoms with Crippen molar-refractivity contribution in [1.29, 1.82) is 0 Å². The first-order valence-corrected chi connectivity index (χ1v) is 7.57. The number of nitrogens with zero attached hydrogens (tertiary/aromatic N) is 1. The molecule has 1 aromatic carbocycles. The molecule has 5 nitrogen and oxygen atoms in total. The number of aromatic nitrogens is 1. The van der Waals surface area contributed by atoms with E-state index in [0.717, 1.165) is 24.1 Å². The molecular weight excluding hydrogens is 266 g/mol. The van der Waals surface area contributed by atoms with Crippen LogP contribution in [0.3, 0.4) is 0 Å². The van der Waals surface area contributed by atoms with E-state index in [1.807, 2.05) is 24.3 Å². The molecule has 2 unspecified atom stereocenters. The number of amides is 1. The van der Waals surface area contributed by atoms with Gasteiger partial charge in [-0.3, -0.25) is 4.79 Å². The lowest BCUT2D eigenvalue weighted by molar-refractivity contribution is -0.121. The van der Waals surface area contributed by atoms with Crippen LogP contribution in [0.5, 0.6) is 0 Å². The monoisotopic (exact) mass is 287 g/mol. The topological polar surface area (TPSA) is 67.2 Å². The lowest BCUT2D eigenvalue weighted by Crippen LogP contribution is -2.45. The summed E-state index contributed by atoms with van der Waals surface area (Å²) in [6, 6.07) is 7.80. The smallest absolute Gasteiger partial charge is 0.226 e. The van der Waals surface area contributed by atoms with Crippen molar-refractivity contribution in [3.63, 3.8) is 0 Å². The van der Waals surface area contributed by atoms with Gasteiger partial charge in [0.2, 0.25) is 5.91 Å². The Bertz CT molecular complexity index is 617. The van der Waals surface area contributed by atoms with E-state index in [4.69, 9.17) is 4.52 Å². The molecule has 1 aliphatic heterocycles. The summed E-state index contributed by atoms with van der Waals surface area (Å²) in [6.07, 6.45) is 2.61. The highest BCUT2D eigenvalue weighted by Gasteiger charge is 2.22. The fraction of sp³-hybridized carbons (Fsp3) is 0.500. The fourth-order valence-corrected chi connectivity index (χ4v) is 2.95. The normalized spacial score (nSPS) is 20.3. The number of rotatable bonds is 4. The van der Waals surface area contributed by atoms with Crippen molar-refractivity contribution < 1.29 is 9.32 Å². The van der Waals surface area contributed by atoms with Gasteiger partial charge in [0.1, 0.15) is 5.69 Å². The molecule has 112 valence electrons. The van der Waals surface area contributed by atoms with Gasteiger partial charge in [-0.25, -0.2) is 0 Å². The molecule has 1 fully saturated rings. The van der Waals surface area contributed by atoms with Crippen molar-refractivity contribution in [3.05, 3.63) is 30.0 Å². The summed E-state index contributed by atoms with van der Waals surface area (Å²) in [5.41, 5.74) is 1.43. The van der Waals surface area contributed by atoms with E-state index in [2.05, 4.69) is 22.7 Å². The molecule has 1 saturated heterocycles. The van der Waals surface area contributed by atoms with Crippen molar-refractivity contribution in [3.8, 4) is 0 Å². The second kappa shape index (κ2) is 6.26. The third kappa shape index (κ3) is 3.24. The highest BCUT2D eigenvalue weighted by Crippen LogP contribution is 2.18. The molecule has 1 aromatic heterocycles. The first-order valence-electron chi connectivity index (χ1n) is 7.57. The lowest BCUT2D eigenvalue weighted by atomic mass is 9.92. The van der Waals surface area contributed by atoms with Gasteiger partial charge in [-0.2, -0.15) is 0 Å². The maximum atomic E-state index is 12.2. The molecule has 0 aliphatic carbocycles. The Balaban J connectivity index is 1.61. The van der Waals surface area contributed by atoms with Gasteiger partial charge in [0.25, 0.3) is 0 Å². The first kappa shape index (κ1) is 14.1. The third-order valence-electron chi connectivity index (χ3n) is 4.21. The Morgan fingerprint density at radius 3 is 3.19 bits per heavy atom. The standard InChI is InChI=1S/C16H21N3O2/c1-11(12-5-4-8-17-10-12)18-16(20)9-14-13-6-2-3-7-15(13)21-19-14/h2-3,6-7,11-12,17H,4-5,8-10H2,1H3,(H,18,20). The van der Waals surface area contributed by atoms with E-state index < -0.39 is 0 Å². The summed E-state index contributed by atoms with van der Waals surface area (Å²) < 4.78 is 5.23. The zero-order valence-electron chi connectivity index (χ0n) is 12.3. The minimum absolute atomic E-state index is 0.00660. The van der Waals surface area contributed by atoms with E-state index in [1.54, 1.807) is 0 Å². The molecule has 5 heteroatoms. The van der Waals surface area contributed by atoms with Crippen LogP contribution in [0.25, 0.3) is 11.0 Å². The molecule has 2 aromatic rings. The van der Waals surface area contributed by atoms with Gasteiger partial charge in [0, 0.05) is 11.4 Å². The molecule has 1 aliphatic rings. The van der Waals surface area contributed by atoms with Crippen LogP contribution in [-0.4, -0.2) is 30.2 Å². The number of piperidine rings is 1. The fourth-order valence-electron chi connectivity index (χ4n) is 2.95. The molecule has 0 radical (unpaired) electrons. The van der Waals surface area contributed by atoms with Crippen LogP contribution in [-0.2, 0) is 11.2 Å². The predicted molar refractivity (Wildman–Crippen MR) is 80.9 cm³/mol. The third-order valence-corrected chi connectivity index (χ3v) is 4.21. The largest absolute Gasteiger partial charge is 0.356 e. The zero-order valence-corrected chi connectivity index (χ0v) is 12.3. The quantitative estimate of drug-likeness (QED) is 0.901. The molecule has 0 bridgehead atoms. The van der Waals surface area contributed by atoms with Gasteiger partial charge in [0.05, 0.1) is 6.42 Å². The molecule has 2 atom stereocenters. The molecule has 2 N–H and O–H groups in total. The van der Waals surface area contributed by atoms with Crippen LogP contribution in [0.2, 0.25) is 0 Å². The minimum atomic E-state index is 0.00660. The van der Waals surface area contributed by atoms with Crippen molar-refractivity contribution >= 4 is 16.9 Å². The second-order valence-electron chi connectivity index (χ2n) is 5.76. The summed E-state index contributed by atoms with van der Waals surface area (Å²) in [4.78, 5) is 12.2. The number of nitrogens with one attached hydrogen (secondary N) is 2. The SMILES string of the molecule is CC(NC(=O)Cc1noc2ccccc12)C1CCCNC1.